The van der Waals surface area contributed by atoms with Crippen molar-refractivity contribution in [3.63, 3.8) is 0 Å². The van der Waals surface area contributed by atoms with Gasteiger partial charge in [0.1, 0.15) is 0 Å². The molecule has 0 spiro atoms. The highest BCUT2D eigenvalue weighted by Crippen LogP contribution is 2.39. The van der Waals surface area contributed by atoms with Crippen molar-refractivity contribution in [1.82, 2.24) is 0 Å². The number of halogens is 1. The molecule has 4 heteroatoms. The van der Waals surface area contributed by atoms with Crippen LogP contribution in [0.5, 0.6) is 0 Å². The Bertz CT molecular complexity index is 403. The third-order valence-corrected chi connectivity index (χ3v) is 5.52. The van der Waals surface area contributed by atoms with E-state index in [0.717, 1.165) is 12.2 Å². The van der Waals surface area contributed by atoms with Gasteiger partial charge in [-0.3, -0.25) is 0 Å². The molecule has 0 amide bonds. The lowest BCUT2D eigenvalue weighted by atomic mass is 9.88. The Kier molecular flexibility index (Phi) is 4.68. The fraction of sp³-hybridized carbons (Fsp3) is 0.571. The summed E-state index contributed by atoms with van der Waals surface area (Å²) in [5.74, 6) is 0. The predicted octanol–water partition coefficient (Wildman–Crippen LogP) is 4.40. The molecule has 100 valence electrons. The topological polar surface area (TPSA) is 38.0 Å². The molecule has 1 aliphatic carbocycles. The second-order valence-electron chi connectivity index (χ2n) is 5.04. The normalized spacial score (nSPS) is 18.6. The maximum Gasteiger partial charge on any atom is 0.0657 e. The first kappa shape index (κ1) is 13.9. The zero-order valence-corrected chi connectivity index (χ0v) is 12.4. The molecular formula is C14H21ClN2S. The SMILES string of the molecule is CSC1(CNc2ccc(N)cc2Cl)CCCCC1. The van der Waals surface area contributed by atoms with Crippen LogP contribution in [0.1, 0.15) is 32.1 Å². The molecule has 3 N–H and O–H groups in total. The molecule has 18 heavy (non-hydrogen) atoms. The zero-order chi connectivity index (χ0) is 13.0. The van der Waals surface area contributed by atoms with Gasteiger partial charge in [0, 0.05) is 17.0 Å². The van der Waals surface area contributed by atoms with Gasteiger partial charge in [-0.1, -0.05) is 30.9 Å². The summed E-state index contributed by atoms with van der Waals surface area (Å²) in [7, 11) is 0. The Morgan fingerprint density at radius 1 is 1.33 bits per heavy atom. The third kappa shape index (κ3) is 3.27. The Morgan fingerprint density at radius 2 is 2.06 bits per heavy atom. The van der Waals surface area contributed by atoms with E-state index in [1.807, 2.05) is 23.9 Å². The van der Waals surface area contributed by atoms with E-state index in [1.54, 1.807) is 6.07 Å². The van der Waals surface area contributed by atoms with Gasteiger partial charge in [0.25, 0.3) is 0 Å². The van der Waals surface area contributed by atoms with Crippen molar-refractivity contribution in [1.29, 1.82) is 0 Å². The lowest BCUT2D eigenvalue weighted by Crippen LogP contribution is -2.35. The van der Waals surface area contributed by atoms with E-state index >= 15 is 0 Å². The molecule has 2 rings (SSSR count). The van der Waals surface area contributed by atoms with Gasteiger partial charge >= 0.3 is 0 Å². The molecule has 0 aromatic heterocycles. The molecule has 0 heterocycles. The Hall–Kier alpha value is -0.540. The molecule has 1 saturated carbocycles. The average molecular weight is 285 g/mol. The number of nitrogen functional groups attached to an aromatic ring is 1. The van der Waals surface area contributed by atoms with Crippen LogP contribution < -0.4 is 11.1 Å². The maximum absolute atomic E-state index is 6.19. The van der Waals surface area contributed by atoms with Gasteiger partial charge < -0.3 is 11.1 Å². The second kappa shape index (κ2) is 6.07. The van der Waals surface area contributed by atoms with E-state index in [4.69, 9.17) is 17.3 Å². The van der Waals surface area contributed by atoms with Crippen molar-refractivity contribution in [2.45, 2.75) is 36.9 Å². The number of nitrogens with two attached hydrogens (primary N) is 1. The summed E-state index contributed by atoms with van der Waals surface area (Å²) in [5.41, 5.74) is 7.40. The second-order valence-corrected chi connectivity index (χ2v) is 6.72. The molecule has 1 fully saturated rings. The summed E-state index contributed by atoms with van der Waals surface area (Å²) in [6, 6.07) is 5.66. The van der Waals surface area contributed by atoms with Crippen LogP contribution in [0.25, 0.3) is 0 Å². The van der Waals surface area contributed by atoms with E-state index in [9.17, 15) is 0 Å². The van der Waals surface area contributed by atoms with Crippen LogP contribution in [0.15, 0.2) is 18.2 Å². The largest absolute Gasteiger partial charge is 0.399 e. The third-order valence-electron chi connectivity index (χ3n) is 3.79. The standard InChI is InChI=1S/C14H21ClN2S/c1-18-14(7-3-2-4-8-14)10-17-13-6-5-11(16)9-12(13)15/h5-6,9,17H,2-4,7-8,10,16H2,1H3. The van der Waals surface area contributed by atoms with Crippen LogP contribution in [0.4, 0.5) is 11.4 Å². The maximum atomic E-state index is 6.19. The minimum atomic E-state index is 0.378. The number of anilines is 2. The lowest BCUT2D eigenvalue weighted by molar-refractivity contribution is 0.411. The summed E-state index contributed by atoms with van der Waals surface area (Å²) < 4.78 is 0.378. The monoisotopic (exact) mass is 284 g/mol. The van der Waals surface area contributed by atoms with Gasteiger partial charge in [-0.2, -0.15) is 11.8 Å². The van der Waals surface area contributed by atoms with Crippen LogP contribution in [-0.2, 0) is 0 Å². The first-order valence-corrected chi connectivity index (χ1v) is 8.09. The molecule has 2 nitrogen and oxygen atoms in total. The molecule has 1 aliphatic rings. The van der Waals surface area contributed by atoms with Crippen LogP contribution in [0, 0.1) is 0 Å². The molecule has 1 aromatic carbocycles. The summed E-state index contributed by atoms with van der Waals surface area (Å²) in [6.45, 7) is 0.984. The Labute approximate surface area is 119 Å². The summed E-state index contributed by atoms with van der Waals surface area (Å²) in [5, 5.41) is 4.20. The van der Waals surface area contributed by atoms with Crippen molar-refractivity contribution in [2.75, 3.05) is 23.9 Å². The van der Waals surface area contributed by atoms with E-state index in [-0.39, 0.29) is 0 Å². The molecule has 0 atom stereocenters. The van der Waals surface area contributed by atoms with Gasteiger partial charge in [-0.05, 0) is 37.3 Å². The molecule has 1 aromatic rings. The number of hydrogen-bond acceptors (Lipinski definition) is 3. The molecule has 0 saturated heterocycles. The highest BCUT2D eigenvalue weighted by molar-refractivity contribution is 8.00. The van der Waals surface area contributed by atoms with Crippen molar-refractivity contribution < 1.29 is 0 Å². The van der Waals surface area contributed by atoms with Gasteiger partial charge in [0.15, 0.2) is 0 Å². The van der Waals surface area contributed by atoms with Crippen LogP contribution >= 0.6 is 23.4 Å². The van der Waals surface area contributed by atoms with E-state index in [1.165, 1.54) is 32.1 Å². The van der Waals surface area contributed by atoms with E-state index < -0.39 is 0 Å². The van der Waals surface area contributed by atoms with E-state index in [0.29, 0.717) is 15.5 Å². The molecule has 0 radical (unpaired) electrons. The number of rotatable bonds is 4. The minimum absolute atomic E-state index is 0.378. The van der Waals surface area contributed by atoms with Crippen molar-refractivity contribution in [2.24, 2.45) is 0 Å². The van der Waals surface area contributed by atoms with Gasteiger partial charge in [-0.15, -0.1) is 0 Å². The first-order chi connectivity index (χ1) is 8.65. The summed E-state index contributed by atoms with van der Waals surface area (Å²) >= 11 is 8.18. The van der Waals surface area contributed by atoms with Gasteiger partial charge in [0.2, 0.25) is 0 Å². The fourth-order valence-electron chi connectivity index (χ4n) is 2.58. The molecule has 0 bridgehead atoms. The quantitative estimate of drug-likeness (QED) is 0.805. The number of benzene rings is 1. The number of thioether (sulfide) groups is 1. The lowest BCUT2D eigenvalue weighted by Gasteiger charge is -2.36. The molecule has 0 unspecified atom stereocenters. The Morgan fingerprint density at radius 3 is 2.67 bits per heavy atom. The smallest absolute Gasteiger partial charge is 0.0657 e. The zero-order valence-electron chi connectivity index (χ0n) is 10.8. The van der Waals surface area contributed by atoms with Crippen LogP contribution in [0.2, 0.25) is 5.02 Å². The van der Waals surface area contributed by atoms with Gasteiger partial charge in [-0.25, -0.2) is 0 Å². The summed E-state index contributed by atoms with van der Waals surface area (Å²) in [6.07, 6.45) is 8.89. The van der Waals surface area contributed by atoms with Crippen molar-refractivity contribution in [3.8, 4) is 0 Å². The van der Waals surface area contributed by atoms with E-state index in [2.05, 4.69) is 11.6 Å². The van der Waals surface area contributed by atoms with Crippen LogP contribution in [-0.4, -0.2) is 17.5 Å². The molecular weight excluding hydrogens is 264 g/mol. The van der Waals surface area contributed by atoms with Gasteiger partial charge in [0.05, 0.1) is 10.7 Å². The molecule has 0 aliphatic heterocycles. The first-order valence-electron chi connectivity index (χ1n) is 6.49. The highest BCUT2D eigenvalue weighted by Gasteiger charge is 2.30. The Balaban J connectivity index is 2.01. The fourth-order valence-corrected chi connectivity index (χ4v) is 3.75. The van der Waals surface area contributed by atoms with Crippen molar-refractivity contribution >= 4 is 34.7 Å². The average Bonchev–Trinajstić information content (AvgIpc) is 2.39. The number of hydrogen-bond donors (Lipinski definition) is 2. The number of nitrogens with one attached hydrogen (secondary N) is 1. The minimum Gasteiger partial charge on any atom is -0.399 e. The van der Waals surface area contributed by atoms with Crippen molar-refractivity contribution in [3.05, 3.63) is 23.2 Å². The predicted molar refractivity (Wildman–Crippen MR) is 83.7 cm³/mol. The van der Waals surface area contributed by atoms with Crippen LogP contribution in [0.3, 0.4) is 0 Å². The highest BCUT2D eigenvalue weighted by atomic mass is 35.5. The summed E-state index contributed by atoms with van der Waals surface area (Å²) in [4.78, 5) is 0.